The molecule has 2 N–H and O–H groups in total. The zero-order valence-corrected chi connectivity index (χ0v) is 39.5. The van der Waals surface area contributed by atoms with Gasteiger partial charge in [0.15, 0.2) is 0 Å². The van der Waals surface area contributed by atoms with Gasteiger partial charge in [-0.05, 0) is 96.2 Å². The number of nitrogens with zero attached hydrogens (tertiary/aromatic N) is 4. The molecule has 2 fully saturated rings. The number of methoxy groups -OCH3 is 1. The zero-order valence-electron chi connectivity index (χ0n) is 38.7. The molecular formula is C41H90N6O7S. The van der Waals surface area contributed by atoms with Gasteiger partial charge < -0.3 is 34.3 Å². The minimum absolute atomic E-state index is 0.00935. The predicted molar refractivity (Wildman–Crippen MR) is 232 cm³/mol. The minimum Gasteiger partial charge on any atom is -0.386 e. The van der Waals surface area contributed by atoms with Crippen molar-refractivity contribution in [3.63, 3.8) is 0 Å². The molecule has 0 aliphatic carbocycles. The van der Waals surface area contributed by atoms with Gasteiger partial charge in [0.25, 0.3) is 0 Å². The quantitative estimate of drug-likeness (QED) is 0.186. The minimum atomic E-state index is -3.02. The molecule has 0 spiro atoms. The number of hydrogen-bond donors (Lipinski definition) is 2. The van der Waals surface area contributed by atoms with E-state index in [1.807, 2.05) is 20.8 Å². The third-order valence-corrected chi connectivity index (χ3v) is 9.27. The van der Waals surface area contributed by atoms with Gasteiger partial charge in [-0.25, -0.2) is 8.42 Å². The van der Waals surface area contributed by atoms with E-state index in [-0.39, 0.29) is 22.4 Å². The number of rotatable bonds is 18. The SMILES string of the molecule is C=C1CN(CCOC(C)(C)C)CCN1.CC(C)(C)OCCN1CCN(S(C)(=O)=O)CC1.CCN(CCOC)CCOC(C)(C)C.CCNCCOC(C)(C)C. The Hall–Kier alpha value is -0.910. The van der Waals surface area contributed by atoms with Crippen molar-refractivity contribution in [2.75, 3.05) is 138 Å². The number of nitrogens with one attached hydrogen (secondary N) is 2. The van der Waals surface area contributed by atoms with Gasteiger partial charge in [0.2, 0.25) is 10.0 Å². The summed E-state index contributed by atoms with van der Waals surface area (Å²) >= 11 is 0. The highest BCUT2D eigenvalue weighted by Gasteiger charge is 2.23. The average Bonchev–Trinajstić information content (AvgIpc) is 3.03. The molecule has 0 unspecified atom stereocenters. The number of sulfonamides is 1. The van der Waals surface area contributed by atoms with Gasteiger partial charge in [-0.2, -0.15) is 4.31 Å². The summed E-state index contributed by atoms with van der Waals surface area (Å²) in [7, 11) is -1.28. The molecule has 2 aliphatic heterocycles. The largest absolute Gasteiger partial charge is 0.386 e. The standard InChI is InChI=1S/C11H24N2O3S.C11H22N2O.C11H25NO2.C8H19NO/c1-11(2,3)16-10-9-12-5-7-13(8-6-12)17(4,14)15;1-10-9-13(6-5-12-10)7-8-14-11(2,3)4;1-6-12(7-9-13-5)8-10-14-11(2,3)4;1-5-9-6-7-10-8(2,3)4/h5-10H2,1-4H3;12H,1,5-9H2,2-4H3;6-10H2,1-5H3;9H,5-7H2,1-4H3. The summed E-state index contributed by atoms with van der Waals surface area (Å²) in [6.07, 6.45) is 1.27. The molecule has 0 atom stereocenters. The van der Waals surface area contributed by atoms with E-state index in [0.717, 1.165) is 111 Å². The van der Waals surface area contributed by atoms with Crippen LogP contribution in [0.25, 0.3) is 0 Å². The third kappa shape index (κ3) is 39.7. The first-order valence-electron chi connectivity index (χ1n) is 20.5. The first kappa shape index (κ1) is 56.2. The summed E-state index contributed by atoms with van der Waals surface area (Å²) in [5.41, 5.74) is 0.974. The van der Waals surface area contributed by atoms with Crippen molar-refractivity contribution in [3.05, 3.63) is 12.3 Å². The van der Waals surface area contributed by atoms with Crippen LogP contribution >= 0.6 is 0 Å². The Morgan fingerprint density at radius 1 is 0.691 bits per heavy atom. The van der Waals surface area contributed by atoms with Gasteiger partial charge in [-0.1, -0.05) is 20.4 Å². The third-order valence-electron chi connectivity index (χ3n) is 7.97. The summed E-state index contributed by atoms with van der Waals surface area (Å²) in [5.74, 6) is 0. The van der Waals surface area contributed by atoms with Crippen LogP contribution in [0.3, 0.4) is 0 Å². The van der Waals surface area contributed by atoms with Gasteiger partial charge in [0.05, 0.1) is 61.7 Å². The Bertz CT molecular complexity index is 1050. The first-order valence-corrected chi connectivity index (χ1v) is 22.4. The average molecular weight is 811 g/mol. The van der Waals surface area contributed by atoms with Crippen LogP contribution in [0.5, 0.6) is 0 Å². The summed E-state index contributed by atoms with van der Waals surface area (Å²) in [6.45, 7) is 49.6. The molecule has 55 heavy (non-hydrogen) atoms. The highest BCUT2D eigenvalue weighted by molar-refractivity contribution is 7.88. The number of ether oxygens (including phenoxy) is 5. The molecule has 0 aromatic rings. The van der Waals surface area contributed by atoms with E-state index in [1.165, 1.54) is 10.6 Å². The lowest BCUT2D eigenvalue weighted by Crippen LogP contribution is -2.49. The summed E-state index contributed by atoms with van der Waals surface area (Å²) in [5, 5.41) is 6.44. The second-order valence-electron chi connectivity index (χ2n) is 17.9. The lowest BCUT2D eigenvalue weighted by atomic mass is 10.2. The topological polar surface area (TPSA) is 117 Å². The Morgan fingerprint density at radius 2 is 1.15 bits per heavy atom. The van der Waals surface area contributed by atoms with E-state index >= 15 is 0 Å². The van der Waals surface area contributed by atoms with Gasteiger partial charge >= 0.3 is 0 Å². The fourth-order valence-electron chi connectivity index (χ4n) is 4.97. The van der Waals surface area contributed by atoms with E-state index in [0.29, 0.717) is 19.7 Å². The van der Waals surface area contributed by atoms with Gasteiger partial charge in [-0.3, -0.25) is 14.7 Å². The van der Waals surface area contributed by atoms with Crippen LogP contribution in [0.4, 0.5) is 0 Å². The van der Waals surface area contributed by atoms with Crippen LogP contribution in [0.15, 0.2) is 12.3 Å². The van der Waals surface area contributed by atoms with Crippen LogP contribution in [0.1, 0.15) is 96.9 Å². The molecule has 14 heteroatoms. The van der Waals surface area contributed by atoms with Crippen molar-refractivity contribution < 1.29 is 32.1 Å². The Labute approximate surface area is 340 Å². The van der Waals surface area contributed by atoms with E-state index < -0.39 is 10.0 Å². The second kappa shape index (κ2) is 29.3. The van der Waals surface area contributed by atoms with Crippen LogP contribution in [0, 0.1) is 0 Å². The fourth-order valence-corrected chi connectivity index (χ4v) is 5.80. The second-order valence-corrected chi connectivity index (χ2v) is 19.9. The van der Waals surface area contributed by atoms with Gasteiger partial charge in [0, 0.05) is 91.3 Å². The van der Waals surface area contributed by atoms with Gasteiger partial charge in [0.1, 0.15) is 0 Å². The highest BCUT2D eigenvalue weighted by atomic mass is 32.2. The monoisotopic (exact) mass is 811 g/mol. The van der Waals surface area contributed by atoms with E-state index in [9.17, 15) is 8.42 Å². The maximum Gasteiger partial charge on any atom is 0.211 e. The van der Waals surface area contributed by atoms with E-state index in [1.54, 1.807) is 7.11 Å². The van der Waals surface area contributed by atoms with Crippen molar-refractivity contribution in [2.45, 2.75) is 119 Å². The molecule has 2 rings (SSSR count). The number of piperazine rings is 2. The lowest BCUT2D eigenvalue weighted by molar-refractivity contribution is -0.0157. The fraction of sp³-hybridized carbons (Fsp3) is 0.951. The van der Waals surface area contributed by atoms with Crippen LogP contribution < -0.4 is 10.6 Å². The molecule has 0 amide bonds. The van der Waals surface area contributed by atoms with Crippen molar-refractivity contribution in [2.24, 2.45) is 0 Å². The highest BCUT2D eigenvalue weighted by Crippen LogP contribution is 2.10. The maximum atomic E-state index is 11.3. The first-order chi connectivity index (χ1) is 25.2. The molecule has 0 aromatic carbocycles. The van der Waals surface area contributed by atoms with Crippen molar-refractivity contribution in [1.29, 1.82) is 0 Å². The van der Waals surface area contributed by atoms with E-state index in [2.05, 4.69) is 108 Å². The molecule has 0 radical (unpaired) electrons. The molecular weight excluding hydrogens is 721 g/mol. The molecule has 0 bridgehead atoms. The lowest BCUT2D eigenvalue weighted by Gasteiger charge is -2.33. The summed E-state index contributed by atoms with van der Waals surface area (Å²) in [4.78, 5) is 6.94. The normalized spacial score (nSPS) is 16.7. The maximum absolute atomic E-state index is 11.3. The van der Waals surface area contributed by atoms with Crippen molar-refractivity contribution in [1.82, 2.24) is 29.6 Å². The molecule has 2 heterocycles. The van der Waals surface area contributed by atoms with Crippen LogP contribution in [-0.4, -0.2) is 188 Å². The van der Waals surface area contributed by atoms with Gasteiger partial charge in [-0.15, -0.1) is 0 Å². The van der Waals surface area contributed by atoms with Crippen LogP contribution in [-0.2, 0) is 33.7 Å². The van der Waals surface area contributed by atoms with Crippen LogP contribution in [0.2, 0.25) is 0 Å². The van der Waals surface area contributed by atoms with E-state index in [4.69, 9.17) is 23.7 Å². The van der Waals surface area contributed by atoms with Crippen molar-refractivity contribution >= 4 is 10.0 Å². The molecule has 332 valence electrons. The Morgan fingerprint density at radius 3 is 1.56 bits per heavy atom. The summed E-state index contributed by atoms with van der Waals surface area (Å²) in [6, 6.07) is 0. The smallest absolute Gasteiger partial charge is 0.211 e. The van der Waals surface area contributed by atoms with Crippen molar-refractivity contribution in [3.8, 4) is 0 Å². The summed E-state index contributed by atoms with van der Waals surface area (Å²) < 4.78 is 51.7. The molecule has 0 aromatic heterocycles. The predicted octanol–water partition coefficient (Wildman–Crippen LogP) is 4.78. The number of likely N-dealkylation sites (N-methyl/N-ethyl adjacent to an activating group) is 2. The molecule has 2 aliphatic rings. The Kier molecular flexibility index (Phi) is 30.0. The molecule has 13 nitrogen and oxygen atoms in total. The molecule has 0 saturated carbocycles. The molecule has 2 saturated heterocycles. The number of hydrogen-bond acceptors (Lipinski definition) is 12. The Balaban J connectivity index is 0. The zero-order chi connectivity index (χ0) is 42.8.